The van der Waals surface area contributed by atoms with Crippen molar-refractivity contribution >= 4 is 16.8 Å². The fraction of sp³-hybridized carbons (Fsp3) is 0.444. The van der Waals surface area contributed by atoms with Gasteiger partial charge in [-0.05, 0) is 31.8 Å². The molecule has 2 heterocycles. The third-order valence-electron chi connectivity index (χ3n) is 4.34. The van der Waals surface area contributed by atoms with E-state index in [0.29, 0.717) is 6.54 Å². The van der Waals surface area contributed by atoms with E-state index < -0.39 is 0 Å². The molecular weight excluding hydrogens is 288 g/mol. The summed E-state index contributed by atoms with van der Waals surface area (Å²) in [5.74, 6) is 0.233. The number of benzene rings is 1. The predicted molar refractivity (Wildman–Crippen MR) is 92.2 cm³/mol. The van der Waals surface area contributed by atoms with Crippen LogP contribution in [0.1, 0.15) is 5.56 Å². The van der Waals surface area contributed by atoms with E-state index in [1.165, 1.54) is 10.9 Å². The van der Waals surface area contributed by atoms with E-state index in [2.05, 4.69) is 26.9 Å². The molecule has 0 N–H and O–H groups in total. The lowest BCUT2D eigenvalue weighted by Crippen LogP contribution is -2.51. The molecule has 122 valence electrons. The van der Waals surface area contributed by atoms with Crippen LogP contribution >= 0.6 is 0 Å². The number of carbonyl (C=O) groups excluding carboxylic acids is 1. The number of fused-ring (bicyclic) bond motifs is 1. The van der Waals surface area contributed by atoms with Gasteiger partial charge in [0.25, 0.3) is 0 Å². The standard InChI is InChI=1S/C18H24N4O/c1-20(2)9-11-22-12-10-21(14-18(22)23)13-15-5-3-7-17-16(15)6-4-8-19-17/h3-8H,9-14H2,1-2H3. The Bertz CT molecular complexity index is 680. The summed E-state index contributed by atoms with van der Waals surface area (Å²) in [6.45, 7) is 4.78. The summed E-state index contributed by atoms with van der Waals surface area (Å²) in [5.41, 5.74) is 2.26. The topological polar surface area (TPSA) is 39.7 Å². The summed E-state index contributed by atoms with van der Waals surface area (Å²) in [7, 11) is 4.07. The van der Waals surface area contributed by atoms with Crippen LogP contribution in [0, 0.1) is 0 Å². The lowest BCUT2D eigenvalue weighted by molar-refractivity contribution is -0.136. The minimum Gasteiger partial charge on any atom is -0.339 e. The van der Waals surface area contributed by atoms with Gasteiger partial charge in [-0.15, -0.1) is 0 Å². The molecule has 5 heteroatoms. The smallest absolute Gasteiger partial charge is 0.236 e. The summed E-state index contributed by atoms with van der Waals surface area (Å²) < 4.78 is 0. The summed E-state index contributed by atoms with van der Waals surface area (Å²) in [4.78, 5) is 23.0. The number of piperazine rings is 1. The van der Waals surface area contributed by atoms with Crippen molar-refractivity contribution in [1.82, 2.24) is 19.7 Å². The van der Waals surface area contributed by atoms with Crippen molar-refractivity contribution in [3.8, 4) is 0 Å². The monoisotopic (exact) mass is 312 g/mol. The van der Waals surface area contributed by atoms with Crippen LogP contribution in [-0.2, 0) is 11.3 Å². The molecule has 0 unspecified atom stereocenters. The summed E-state index contributed by atoms with van der Waals surface area (Å²) >= 11 is 0. The predicted octanol–water partition coefficient (Wildman–Crippen LogP) is 1.44. The molecule has 1 fully saturated rings. The quantitative estimate of drug-likeness (QED) is 0.837. The molecule has 1 amide bonds. The first-order valence-corrected chi connectivity index (χ1v) is 8.11. The number of aromatic nitrogens is 1. The number of carbonyl (C=O) groups is 1. The zero-order valence-corrected chi connectivity index (χ0v) is 13.9. The molecule has 1 aliphatic heterocycles. The average molecular weight is 312 g/mol. The number of hydrogen-bond acceptors (Lipinski definition) is 4. The maximum atomic E-state index is 12.3. The largest absolute Gasteiger partial charge is 0.339 e. The van der Waals surface area contributed by atoms with Crippen molar-refractivity contribution in [3.05, 3.63) is 42.1 Å². The molecule has 0 aliphatic carbocycles. The zero-order valence-electron chi connectivity index (χ0n) is 13.9. The fourth-order valence-corrected chi connectivity index (χ4v) is 3.00. The Balaban J connectivity index is 1.64. The Labute approximate surface area is 137 Å². The van der Waals surface area contributed by atoms with Crippen molar-refractivity contribution in [2.24, 2.45) is 0 Å². The van der Waals surface area contributed by atoms with Gasteiger partial charge in [0.15, 0.2) is 0 Å². The normalized spacial score (nSPS) is 16.5. The Morgan fingerprint density at radius 1 is 1.17 bits per heavy atom. The number of pyridine rings is 1. The second kappa shape index (κ2) is 7.06. The van der Waals surface area contributed by atoms with Crippen LogP contribution in [-0.4, -0.2) is 72.4 Å². The third-order valence-corrected chi connectivity index (χ3v) is 4.34. The van der Waals surface area contributed by atoms with Gasteiger partial charge in [-0.3, -0.25) is 14.7 Å². The number of rotatable bonds is 5. The van der Waals surface area contributed by atoms with Gasteiger partial charge in [-0.2, -0.15) is 0 Å². The third kappa shape index (κ3) is 3.86. The van der Waals surface area contributed by atoms with Gasteiger partial charge in [0.2, 0.25) is 5.91 Å². The number of likely N-dealkylation sites (N-methyl/N-ethyl adjacent to an activating group) is 1. The Kier molecular flexibility index (Phi) is 4.88. The summed E-state index contributed by atoms with van der Waals surface area (Å²) in [5, 5.41) is 1.18. The van der Waals surface area contributed by atoms with Crippen molar-refractivity contribution in [1.29, 1.82) is 0 Å². The molecular formula is C18H24N4O. The molecule has 0 saturated carbocycles. The van der Waals surface area contributed by atoms with Crippen molar-refractivity contribution in [2.75, 3.05) is 46.8 Å². The second-order valence-corrected chi connectivity index (χ2v) is 6.38. The molecule has 1 aliphatic rings. The van der Waals surface area contributed by atoms with Crippen molar-refractivity contribution < 1.29 is 4.79 Å². The molecule has 5 nitrogen and oxygen atoms in total. The molecule has 23 heavy (non-hydrogen) atoms. The van der Waals surface area contributed by atoms with E-state index in [-0.39, 0.29) is 5.91 Å². The minimum absolute atomic E-state index is 0.233. The van der Waals surface area contributed by atoms with Crippen LogP contribution < -0.4 is 0 Å². The lowest BCUT2D eigenvalue weighted by atomic mass is 10.1. The highest BCUT2D eigenvalue weighted by Gasteiger charge is 2.23. The van der Waals surface area contributed by atoms with E-state index >= 15 is 0 Å². The SMILES string of the molecule is CN(C)CCN1CCN(Cc2cccc3ncccc23)CC1=O. The first kappa shape index (κ1) is 15.9. The highest BCUT2D eigenvalue weighted by Crippen LogP contribution is 2.19. The maximum Gasteiger partial charge on any atom is 0.236 e. The van der Waals surface area contributed by atoms with Gasteiger partial charge in [0.05, 0.1) is 12.1 Å². The number of hydrogen-bond donors (Lipinski definition) is 0. The summed E-state index contributed by atoms with van der Waals surface area (Å²) in [6, 6.07) is 10.3. The molecule has 1 saturated heterocycles. The van der Waals surface area contributed by atoms with Gasteiger partial charge in [-0.1, -0.05) is 18.2 Å². The number of amides is 1. The number of nitrogens with zero attached hydrogens (tertiary/aromatic N) is 4. The highest BCUT2D eigenvalue weighted by molar-refractivity contribution is 5.82. The van der Waals surface area contributed by atoms with Crippen molar-refractivity contribution in [2.45, 2.75) is 6.54 Å². The molecule has 1 aromatic heterocycles. The first-order valence-electron chi connectivity index (χ1n) is 8.11. The molecule has 0 spiro atoms. The van der Waals surface area contributed by atoms with E-state index in [1.807, 2.05) is 43.4 Å². The Morgan fingerprint density at radius 2 is 2.04 bits per heavy atom. The van der Waals surface area contributed by atoms with E-state index in [4.69, 9.17) is 0 Å². The van der Waals surface area contributed by atoms with Gasteiger partial charge >= 0.3 is 0 Å². The molecule has 3 rings (SSSR count). The van der Waals surface area contributed by atoms with Gasteiger partial charge in [0.1, 0.15) is 0 Å². The minimum atomic E-state index is 0.233. The van der Waals surface area contributed by atoms with Crippen LogP contribution in [0.15, 0.2) is 36.5 Å². The van der Waals surface area contributed by atoms with E-state index in [9.17, 15) is 4.79 Å². The second-order valence-electron chi connectivity index (χ2n) is 6.38. The highest BCUT2D eigenvalue weighted by atomic mass is 16.2. The Morgan fingerprint density at radius 3 is 2.83 bits per heavy atom. The lowest BCUT2D eigenvalue weighted by Gasteiger charge is -2.35. The fourth-order valence-electron chi connectivity index (χ4n) is 3.00. The van der Waals surface area contributed by atoms with Gasteiger partial charge in [-0.25, -0.2) is 0 Å². The maximum absolute atomic E-state index is 12.3. The van der Waals surface area contributed by atoms with Crippen LogP contribution in [0.4, 0.5) is 0 Å². The first-order chi connectivity index (χ1) is 11.1. The molecule has 2 aromatic rings. The van der Waals surface area contributed by atoms with Gasteiger partial charge < -0.3 is 9.80 Å². The van der Waals surface area contributed by atoms with Crippen LogP contribution in [0.25, 0.3) is 10.9 Å². The molecule has 0 radical (unpaired) electrons. The molecule has 0 atom stereocenters. The van der Waals surface area contributed by atoms with Crippen LogP contribution in [0.5, 0.6) is 0 Å². The average Bonchev–Trinajstić information content (AvgIpc) is 2.54. The van der Waals surface area contributed by atoms with Crippen LogP contribution in [0.2, 0.25) is 0 Å². The zero-order chi connectivity index (χ0) is 16.2. The van der Waals surface area contributed by atoms with Crippen LogP contribution in [0.3, 0.4) is 0 Å². The molecule has 1 aromatic carbocycles. The van der Waals surface area contributed by atoms with E-state index in [1.54, 1.807) is 0 Å². The molecule has 0 bridgehead atoms. The van der Waals surface area contributed by atoms with Gasteiger partial charge in [0, 0.05) is 44.3 Å². The Hall–Kier alpha value is -1.98. The van der Waals surface area contributed by atoms with Crippen molar-refractivity contribution in [3.63, 3.8) is 0 Å². The summed E-state index contributed by atoms with van der Waals surface area (Å²) in [6.07, 6.45) is 1.82. The van der Waals surface area contributed by atoms with E-state index in [0.717, 1.165) is 38.2 Å².